The molecule has 4 nitrogen and oxygen atoms in total. The molecule has 0 heterocycles. The zero-order valence-electron chi connectivity index (χ0n) is 13.6. The van der Waals surface area contributed by atoms with E-state index >= 15 is 0 Å². The molecule has 0 radical (unpaired) electrons. The van der Waals surface area contributed by atoms with Crippen LogP contribution in [-0.2, 0) is 11.3 Å². The molecule has 7 heteroatoms. The van der Waals surface area contributed by atoms with Gasteiger partial charge in [-0.15, -0.1) is 6.42 Å². The maximum absolute atomic E-state index is 13.0. The first kappa shape index (κ1) is 19.8. The number of hydrogen-bond acceptors (Lipinski definition) is 2. The van der Waals surface area contributed by atoms with Crippen LogP contribution in [0.5, 0.6) is 0 Å². The lowest BCUT2D eigenvalue weighted by Gasteiger charge is -2.20. The van der Waals surface area contributed by atoms with Gasteiger partial charge in [0, 0.05) is 11.6 Å². The summed E-state index contributed by atoms with van der Waals surface area (Å²) in [5.74, 6) is 1.16. The third-order valence-corrected chi connectivity index (χ3v) is 4.05. The molecule has 134 valence electrons. The summed E-state index contributed by atoms with van der Waals surface area (Å²) < 4.78 is 13.0. The van der Waals surface area contributed by atoms with Crippen molar-refractivity contribution in [2.45, 2.75) is 6.54 Å². The fourth-order valence-electron chi connectivity index (χ4n) is 2.19. The Morgan fingerprint density at radius 3 is 2.46 bits per heavy atom. The number of halogens is 3. The number of carbonyl (C=O) groups is 2. The Balaban J connectivity index is 1.99. The molecular weight excluding hydrogens is 378 g/mol. The van der Waals surface area contributed by atoms with Gasteiger partial charge in [0.1, 0.15) is 5.82 Å². The van der Waals surface area contributed by atoms with Gasteiger partial charge in [-0.3, -0.25) is 9.59 Å². The van der Waals surface area contributed by atoms with E-state index in [9.17, 15) is 14.0 Å². The average Bonchev–Trinajstić information content (AvgIpc) is 2.61. The van der Waals surface area contributed by atoms with Gasteiger partial charge in [-0.25, -0.2) is 4.39 Å². The molecule has 0 aromatic heterocycles. The quantitative estimate of drug-likeness (QED) is 0.764. The molecule has 0 spiro atoms. The summed E-state index contributed by atoms with van der Waals surface area (Å²) in [4.78, 5) is 25.9. The lowest BCUT2D eigenvalue weighted by Crippen LogP contribution is -2.40. The summed E-state index contributed by atoms with van der Waals surface area (Å²) in [6, 6.07) is 10.2. The van der Waals surface area contributed by atoms with Gasteiger partial charge in [-0.2, -0.15) is 0 Å². The van der Waals surface area contributed by atoms with E-state index in [1.54, 1.807) is 12.1 Å². The highest BCUT2D eigenvalue weighted by Gasteiger charge is 2.16. The first-order chi connectivity index (χ1) is 12.4. The lowest BCUT2D eigenvalue weighted by molar-refractivity contribution is -0.130. The average molecular weight is 393 g/mol. The monoisotopic (exact) mass is 392 g/mol. The number of nitrogens with zero attached hydrogens (tertiary/aromatic N) is 1. The number of rotatable bonds is 6. The number of carbonyl (C=O) groups excluding carboxylic acids is 2. The third kappa shape index (κ3) is 5.48. The molecule has 0 atom stereocenters. The Hall–Kier alpha value is -2.55. The van der Waals surface area contributed by atoms with Crippen LogP contribution in [0.2, 0.25) is 10.0 Å². The molecule has 0 aliphatic carbocycles. The second-order valence-electron chi connectivity index (χ2n) is 5.39. The molecule has 0 bridgehead atoms. The SMILES string of the molecule is C#CCN(Cc1ccc(F)cc1)C(=O)CNC(=O)c1ccc(Cl)cc1Cl. The van der Waals surface area contributed by atoms with Crippen LogP contribution in [-0.4, -0.2) is 29.8 Å². The van der Waals surface area contributed by atoms with E-state index in [4.69, 9.17) is 29.6 Å². The molecule has 26 heavy (non-hydrogen) atoms. The number of benzene rings is 2. The standard InChI is InChI=1S/C19H15Cl2FN2O2/c1-2-9-24(12-13-3-6-15(22)7-4-13)18(25)11-23-19(26)16-8-5-14(20)10-17(16)21/h1,3-8,10H,9,11-12H2,(H,23,26). The summed E-state index contributed by atoms with van der Waals surface area (Å²) in [5.41, 5.74) is 0.938. The first-order valence-corrected chi connectivity index (χ1v) is 8.35. The van der Waals surface area contributed by atoms with Crippen molar-refractivity contribution in [1.29, 1.82) is 0 Å². The highest BCUT2D eigenvalue weighted by atomic mass is 35.5. The van der Waals surface area contributed by atoms with E-state index in [-0.39, 0.29) is 41.9 Å². The Kier molecular flexibility index (Phi) is 7.02. The fourth-order valence-corrected chi connectivity index (χ4v) is 2.68. The Labute approximate surface area is 160 Å². The lowest BCUT2D eigenvalue weighted by atomic mass is 10.2. The number of amides is 2. The molecule has 0 saturated carbocycles. The van der Waals surface area contributed by atoms with Crippen molar-refractivity contribution in [2.24, 2.45) is 0 Å². The summed E-state index contributed by atoms with van der Waals surface area (Å²) in [5, 5.41) is 3.10. The van der Waals surface area contributed by atoms with Crippen LogP contribution in [0.15, 0.2) is 42.5 Å². The minimum atomic E-state index is -0.498. The van der Waals surface area contributed by atoms with E-state index in [1.165, 1.54) is 35.2 Å². The minimum absolute atomic E-state index is 0.0633. The van der Waals surface area contributed by atoms with Crippen molar-refractivity contribution in [3.8, 4) is 12.3 Å². The van der Waals surface area contributed by atoms with Crippen molar-refractivity contribution in [3.05, 3.63) is 69.5 Å². The predicted molar refractivity (Wildman–Crippen MR) is 99.4 cm³/mol. The predicted octanol–water partition coefficient (Wildman–Crippen LogP) is 3.52. The number of terminal acetylenes is 1. The molecule has 0 fully saturated rings. The molecule has 0 aliphatic heterocycles. The molecule has 1 N–H and O–H groups in total. The highest BCUT2D eigenvalue weighted by Crippen LogP contribution is 2.20. The van der Waals surface area contributed by atoms with Crippen LogP contribution in [0.1, 0.15) is 15.9 Å². The second-order valence-corrected chi connectivity index (χ2v) is 6.23. The summed E-state index contributed by atoms with van der Waals surface area (Å²) >= 11 is 11.8. The maximum atomic E-state index is 13.0. The van der Waals surface area contributed by atoms with Gasteiger partial charge in [0.2, 0.25) is 5.91 Å². The van der Waals surface area contributed by atoms with Crippen LogP contribution >= 0.6 is 23.2 Å². The Morgan fingerprint density at radius 2 is 1.85 bits per heavy atom. The second kappa shape index (κ2) is 9.23. The summed E-state index contributed by atoms with van der Waals surface area (Å²) in [6.45, 7) is 0.0231. The van der Waals surface area contributed by atoms with E-state index < -0.39 is 5.91 Å². The molecule has 2 amide bonds. The fraction of sp³-hybridized carbons (Fsp3) is 0.158. The first-order valence-electron chi connectivity index (χ1n) is 7.59. The number of nitrogens with one attached hydrogen (secondary N) is 1. The van der Waals surface area contributed by atoms with Crippen molar-refractivity contribution in [1.82, 2.24) is 10.2 Å². The van der Waals surface area contributed by atoms with Gasteiger partial charge in [0.25, 0.3) is 5.91 Å². The van der Waals surface area contributed by atoms with E-state index in [1.807, 2.05) is 0 Å². The molecule has 0 aliphatic rings. The van der Waals surface area contributed by atoms with Crippen molar-refractivity contribution in [2.75, 3.05) is 13.1 Å². The van der Waals surface area contributed by atoms with Gasteiger partial charge in [-0.05, 0) is 35.9 Å². The van der Waals surface area contributed by atoms with Crippen molar-refractivity contribution < 1.29 is 14.0 Å². The minimum Gasteiger partial charge on any atom is -0.343 e. The molecular formula is C19H15Cl2FN2O2. The van der Waals surface area contributed by atoms with E-state index in [0.717, 1.165) is 5.56 Å². The van der Waals surface area contributed by atoms with Crippen LogP contribution in [0.25, 0.3) is 0 Å². The Morgan fingerprint density at radius 1 is 1.15 bits per heavy atom. The van der Waals surface area contributed by atoms with Gasteiger partial charge < -0.3 is 10.2 Å². The number of hydrogen-bond donors (Lipinski definition) is 1. The van der Waals surface area contributed by atoms with E-state index in [0.29, 0.717) is 5.02 Å². The zero-order valence-corrected chi connectivity index (χ0v) is 15.1. The summed E-state index contributed by atoms with van der Waals surface area (Å²) in [6.07, 6.45) is 5.30. The normalized spacial score (nSPS) is 10.1. The highest BCUT2D eigenvalue weighted by molar-refractivity contribution is 6.36. The van der Waals surface area contributed by atoms with Crippen molar-refractivity contribution >= 4 is 35.0 Å². The molecule has 0 unspecified atom stereocenters. The van der Waals surface area contributed by atoms with E-state index in [2.05, 4.69) is 11.2 Å². The van der Waals surface area contributed by atoms with Gasteiger partial charge in [-0.1, -0.05) is 41.3 Å². The van der Waals surface area contributed by atoms with Crippen LogP contribution in [0.3, 0.4) is 0 Å². The Bertz CT molecular complexity index is 848. The summed E-state index contributed by atoms with van der Waals surface area (Å²) in [7, 11) is 0. The van der Waals surface area contributed by atoms with Gasteiger partial charge in [0.05, 0.1) is 23.7 Å². The molecule has 2 rings (SSSR count). The van der Waals surface area contributed by atoms with Crippen molar-refractivity contribution in [3.63, 3.8) is 0 Å². The maximum Gasteiger partial charge on any atom is 0.253 e. The van der Waals surface area contributed by atoms with Crippen LogP contribution < -0.4 is 5.32 Å². The largest absolute Gasteiger partial charge is 0.343 e. The smallest absolute Gasteiger partial charge is 0.253 e. The van der Waals surface area contributed by atoms with Crippen LogP contribution in [0, 0.1) is 18.2 Å². The topological polar surface area (TPSA) is 49.4 Å². The van der Waals surface area contributed by atoms with Gasteiger partial charge in [0.15, 0.2) is 0 Å². The zero-order chi connectivity index (χ0) is 19.1. The molecule has 2 aromatic rings. The third-order valence-electron chi connectivity index (χ3n) is 3.50. The van der Waals surface area contributed by atoms with Gasteiger partial charge >= 0.3 is 0 Å². The molecule has 2 aromatic carbocycles. The van der Waals surface area contributed by atoms with Crippen LogP contribution in [0.4, 0.5) is 4.39 Å². The molecule has 0 saturated heterocycles.